The molecule has 0 bridgehead atoms. The topological polar surface area (TPSA) is 162 Å². The molecule has 2 atom stereocenters. The highest BCUT2D eigenvalue weighted by molar-refractivity contribution is 6.07. The minimum Gasteiger partial charge on any atom is -0.477 e. The number of hydrogen-bond donors (Lipinski definition) is 4. The van der Waals surface area contributed by atoms with Crippen LogP contribution in [0.3, 0.4) is 0 Å². The quantitative estimate of drug-likeness (QED) is 0.178. The first-order valence-electron chi connectivity index (χ1n) is 12.3. The van der Waals surface area contributed by atoms with Crippen molar-refractivity contribution in [1.82, 2.24) is 5.32 Å². The van der Waals surface area contributed by atoms with Crippen molar-refractivity contribution in [3.63, 3.8) is 0 Å². The van der Waals surface area contributed by atoms with Gasteiger partial charge in [0.25, 0.3) is 0 Å². The number of carboxylic acid groups (broad SMARTS) is 1. The lowest BCUT2D eigenvalue weighted by molar-refractivity contribution is -0.133. The van der Waals surface area contributed by atoms with Gasteiger partial charge in [-0.2, -0.15) is 0 Å². The Balaban J connectivity index is 5.72. The number of aliphatic carboxylic acids is 1. The van der Waals surface area contributed by atoms with Crippen LogP contribution in [0.2, 0.25) is 0 Å². The fourth-order valence-corrected chi connectivity index (χ4v) is 3.43. The molecule has 0 aromatic carbocycles. The monoisotopic (exact) mass is 483 g/mol. The van der Waals surface area contributed by atoms with Crippen molar-refractivity contribution in [3.05, 3.63) is 11.3 Å². The van der Waals surface area contributed by atoms with Crippen molar-refractivity contribution < 1.29 is 29.0 Å². The van der Waals surface area contributed by atoms with Crippen molar-refractivity contribution in [2.75, 3.05) is 0 Å². The molecule has 0 rings (SSSR count). The van der Waals surface area contributed by atoms with Crippen LogP contribution in [0.25, 0.3) is 0 Å². The zero-order valence-corrected chi connectivity index (χ0v) is 21.6. The number of nitrogens with two attached hydrogens (primary N) is 2. The molecule has 1 amide bonds. The Bertz CT molecular complexity index is 712. The number of amides is 1. The number of rotatable bonds is 17. The van der Waals surface area contributed by atoms with Gasteiger partial charge in [-0.1, -0.05) is 52.4 Å². The van der Waals surface area contributed by atoms with E-state index in [1.165, 1.54) is 0 Å². The lowest BCUT2D eigenvalue weighted by Crippen LogP contribution is -2.36. The van der Waals surface area contributed by atoms with Gasteiger partial charge in [-0.15, -0.1) is 0 Å². The van der Waals surface area contributed by atoms with Crippen LogP contribution in [-0.4, -0.2) is 46.4 Å². The molecule has 0 aliphatic heterocycles. The number of allylic oxidation sites excluding steroid dienone is 1. The second-order valence-electron chi connectivity index (χ2n) is 9.84. The molecule has 196 valence electrons. The summed E-state index contributed by atoms with van der Waals surface area (Å²) >= 11 is 0. The van der Waals surface area contributed by atoms with E-state index in [9.17, 15) is 24.3 Å². The molecule has 9 heteroatoms. The van der Waals surface area contributed by atoms with Gasteiger partial charge in [-0.25, -0.2) is 9.59 Å². The summed E-state index contributed by atoms with van der Waals surface area (Å²) in [5, 5.41) is 11.9. The number of ketones is 2. The van der Waals surface area contributed by atoms with Crippen molar-refractivity contribution in [1.29, 1.82) is 0 Å². The number of nitrogens with one attached hydrogen (secondary N) is 1. The molecule has 0 radical (unpaired) electrons. The Kier molecular flexibility index (Phi) is 15.3. The minimum absolute atomic E-state index is 0.0163. The third-order valence-electron chi connectivity index (χ3n) is 5.15. The molecule has 0 spiro atoms. The maximum Gasteiger partial charge on any atom is 0.412 e. The number of carboxylic acids is 1. The summed E-state index contributed by atoms with van der Waals surface area (Å²) in [5.74, 6) is -2.48. The molecular formula is C25H45N3O6. The number of ether oxygens (including phenoxy) is 1. The van der Waals surface area contributed by atoms with Gasteiger partial charge in [-0.05, 0) is 33.6 Å². The number of alkyl carbamates (subject to hydrolysis) is 1. The van der Waals surface area contributed by atoms with Crippen LogP contribution in [0.15, 0.2) is 11.3 Å². The van der Waals surface area contributed by atoms with E-state index in [0.29, 0.717) is 12.8 Å². The summed E-state index contributed by atoms with van der Waals surface area (Å²) in [4.78, 5) is 50.0. The van der Waals surface area contributed by atoms with Gasteiger partial charge in [0, 0.05) is 36.9 Å². The van der Waals surface area contributed by atoms with E-state index >= 15 is 0 Å². The molecular weight excluding hydrogens is 438 g/mol. The van der Waals surface area contributed by atoms with Crippen molar-refractivity contribution in [2.45, 2.75) is 123 Å². The van der Waals surface area contributed by atoms with E-state index in [1.807, 2.05) is 0 Å². The molecule has 0 aromatic heterocycles. The Hall–Kier alpha value is -2.26. The number of Topliss-reactive ketones (excluding diaryl/α,β-unsaturated/α-hetero) is 2. The Labute approximate surface area is 204 Å². The zero-order chi connectivity index (χ0) is 26.3. The maximum absolute atomic E-state index is 13.1. The smallest absolute Gasteiger partial charge is 0.412 e. The van der Waals surface area contributed by atoms with Crippen molar-refractivity contribution >= 4 is 23.6 Å². The van der Waals surface area contributed by atoms with Gasteiger partial charge in [0.05, 0.1) is 0 Å². The molecule has 0 aliphatic carbocycles. The maximum atomic E-state index is 13.1. The molecule has 6 N–H and O–H groups in total. The molecule has 0 aliphatic rings. The molecule has 0 saturated carbocycles. The average Bonchev–Trinajstić information content (AvgIpc) is 2.69. The first-order chi connectivity index (χ1) is 15.8. The Morgan fingerprint density at radius 2 is 1.38 bits per heavy atom. The zero-order valence-electron chi connectivity index (χ0n) is 21.6. The van der Waals surface area contributed by atoms with Gasteiger partial charge in [0.15, 0.2) is 5.78 Å². The lowest BCUT2D eigenvalue weighted by Gasteiger charge is -2.21. The third kappa shape index (κ3) is 14.8. The third-order valence-corrected chi connectivity index (χ3v) is 5.15. The second-order valence-corrected chi connectivity index (χ2v) is 9.84. The van der Waals surface area contributed by atoms with E-state index in [1.54, 1.807) is 20.8 Å². The number of hydrogen-bond acceptors (Lipinski definition) is 7. The van der Waals surface area contributed by atoms with E-state index in [-0.39, 0.29) is 30.2 Å². The van der Waals surface area contributed by atoms with Gasteiger partial charge in [0.1, 0.15) is 17.1 Å². The highest BCUT2D eigenvalue weighted by Crippen LogP contribution is 2.18. The van der Waals surface area contributed by atoms with Crippen molar-refractivity contribution in [3.8, 4) is 0 Å². The van der Waals surface area contributed by atoms with Crippen LogP contribution in [0.5, 0.6) is 0 Å². The molecule has 34 heavy (non-hydrogen) atoms. The second kappa shape index (κ2) is 16.4. The summed E-state index contributed by atoms with van der Waals surface area (Å²) in [7, 11) is 0. The van der Waals surface area contributed by atoms with Crippen LogP contribution in [0.4, 0.5) is 4.79 Å². The standard InChI is InChI=1S/C25H45N3O6/c1-6-8-10-12-17(26)14-19(29)16-20(21(30)15-18(27)13-11-9-7-2)22(23(31)32)28-24(33)34-25(3,4)5/h17-18H,6-16,26-27H2,1-5H3,(H,28,33)(H,31,32)/t17-,18-/m0/s1. The minimum atomic E-state index is -1.53. The molecule has 0 unspecified atom stereocenters. The number of carbonyl (C=O) groups excluding carboxylic acids is 3. The van der Waals surface area contributed by atoms with Crippen LogP contribution in [0, 0.1) is 0 Å². The highest BCUT2D eigenvalue weighted by atomic mass is 16.6. The Morgan fingerprint density at radius 1 is 0.882 bits per heavy atom. The summed E-state index contributed by atoms with van der Waals surface area (Å²) in [6.07, 6.45) is 5.43. The van der Waals surface area contributed by atoms with E-state index in [2.05, 4.69) is 19.2 Å². The fourth-order valence-electron chi connectivity index (χ4n) is 3.43. The first-order valence-corrected chi connectivity index (χ1v) is 12.3. The predicted octanol–water partition coefficient (Wildman–Crippen LogP) is 3.97. The largest absolute Gasteiger partial charge is 0.477 e. The van der Waals surface area contributed by atoms with E-state index in [0.717, 1.165) is 38.5 Å². The number of carbonyl (C=O) groups is 4. The Morgan fingerprint density at radius 3 is 1.82 bits per heavy atom. The molecule has 0 heterocycles. The summed E-state index contributed by atoms with van der Waals surface area (Å²) in [6.45, 7) is 9.00. The van der Waals surface area contributed by atoms with E-state index < -0.39 is 41.6 Å². The van der Waals surface area contributed by atoms with Gasteiger partial charge in [-0.3, -0.25) is 14.9 Å². The average molecular weight is 484 g/mol. The van der Waals surface area contributed by atoms with Crippen molar-refractivity contribution in [2.24, 2.45) is 11.5 Å². The van der Waals surface area contributed by atoms with Gasteiger partial charge >= 0.3 is 12.1 Å². The molecule has 0 fully saturated rings. The lowest BCUT2D eigenvalue weighted by atomic mass is 9.93. The van der Waals surface area contributed by atoms with Gasteiger partial charge < -0.3 is 21.3 Å². The number of unbranched alkanes of at least 4 members (excludes halogenated alkanes) is 4. The van der Waals surface area contributed by atoms with Crippen LogP contribution < -0.4 is 16.8 Å². The fraction of sp³-hybridized carbons (Fsp3) is 0.760. The predicted molar refractivity (Wildman–Crippen MR) is 132 cm³/mol. The first kappa shape index (κ1) is 31.7. The highest BCUT2D eigenvalue weighted by Gasteiger charge is 2.28. The molecule has 0 aromatic rings. The molecule has 0 saturated heterocycles. The summed E-state index contributed by atoms with van der Waals surface area (Å²) in [5.41, 5.74) is 10.3. The van der Waals surface area contributed by atoms with Crippen LogP contribution in [0.1, 0.15) is 105 Å². The van der Waals surface area contributed by atoms with Crippen LogP contribution in [-0.2, 0) is 19.1 Å². The SMILES string of the molecule is CCCCC[C@H](N)CC(=O)CC(C(=O)C[C@@H](N)CCCCC)=C(NC(=O)OC(C)(C)C)C(=O)O. The normalized spacial score (nSPS) is 14.1. The van der Waals surface area contributed by atoms with Crippen LogP contribution >= 0.6 is 0 Å². The molecule has 9 nitrogen and oxygen atoms in total. The van der Waals surface area contributed by atoms with Gasteiger partial charge in [0.2, 0.25) is 0 Å². The van der Waals surface area contributed by atoms with E-state index in [4.69, 9.17) is 16.2 Å². The summed E-state index contributed by atoms with van der Waals surface area (Å²) in [6, 6.07) is -0.851. The summed E-state index contributed by atoms with van der Waals surface area (Å²) < 4.78 is 5.13.